The van der Waals surface area contributed by atoms with E-state index in [2.05, 4.69) is 9.36 Å². The molecule has 0 aliphatic rings. The van der Waals surface area contributed by atoms with Crippen molar-refractivity contribution >= 4 is 17.5 Å². The highest BCUT2D eigenvalue weighted by atomic mass is 32.1. The molecule has 2 aromatic rings. The van der Waals surface area contributed by atoms with E-state index in [9.17, 15) is 18.0 Å². The summed E-state index contributed by atoms with van der Waals surface area (Å²) in [7, 11) is 0. The molecule has 0 radical (unpaired) electrons. The molecule has 9 heteroatoms. The topological polar surface area (TPSA) is 68.0 Å². The Hall–Kier alpha value is -1.90. The summed E-state index contributed by atoms with van der Waals surface area (Å²) < 4.78 is 43.3. The second kappa shape index (κ2) is 4.89. The van der Waals surface area contributed by atoms with Gasteiger partial charge in [-0.1, -0.05) is 13.8 Å². The van der Waals surface area contributed by atoms with E-state index in [1.807, 2.05) is 13.8 Å². The van der Waals surface area contributed by atoms with Crippen LogP contribution in [0.3, 0.4) is 0 Å². The minimum absolute atomic E-state index is 0.0385. The lowest BCUT2D eigenvalue weighted by atomic mass is 10.2. The van der Waals surface area contributed by atoms with Crippen molar-refractivity contribution in [2.45, 2.75) is 25.9 Å². The van der Waals surface area contributed by atoms with Gasteiger partial charge in [0.05, 0.1) is 11.1 Å². The van der Waals surface area contributed by atoms with E-state index < -0.39 is 23.3 Å². The van der Waals surface area contributed by atoms with Crippen LogP contribution in [0.15, 0.2) is 12.4 Å². The molecular weight excluding hydrogens is 295 g/mol. The van der Waals surface area contributed by atoms with E-state index in [0.717, 1.165) is 22.3 Å². The first-order chi connectivity index (χ1) is 9.20. The standard InChI is InChI=1S/C11H10F3N3O2S/c1-5(2)8-15-10(20-16-8)17-3-6(9(18)19)7(4-17)11(12,13)14/h3-5H,1-2H3,(H,18,19). The molecule has 108 valence electrons. The summed E-state index contributed by atoms with van der Waals surface area (Å²) in [6, 6.07) is 0. The monoisotopic (exact) mass is 305 g/mol. The third-order valence-corrected chi connectivity index (χ3v) is 3.27. The number of aromatic carboxylic acids is 1. The Kier molecular flexibility index (Phi) is 3.55. The second-order valence-corrected chi connectivity index (χ2v) is 5.12. The number of rotatable bonds is 3. The first-order valence-electron chi connectivity index (χ1n) is 5.56. The van der Waals surface area contributed by atoms with Gasteiger partial charge in [-0.2, -0.15) is 17.5 Å². The van der Waals surface area contributed by atoms with Crippen LogP contribution in [0.2, 0.25) is 0 Å². The highest BCUT2D eigenvalue weighted by Gasteiger charge is 2.37. The van der Waals surface area contributed by atoms with Crippen molar-refractivity contribution in [2.24, 2.45) is 0 Å². The minimum Gasteiger partial charge on any atom is -0.478 e. The summed E-state index contributed by atoms with van der Waals surface area (Å²) in [5, 5.41) is 9.04. The predicted octanol–water partition coefficient (Wildman–Crippen LogP) is 3.17. The number of alkyl halides is 3. The predicted molar refractivity (Wildman–Crippen MR) is 65.3 cm³/mol. The fraction of sp³-hybridized carbons (Fsp3) is 0.364. The summed E-state index contributed by atoms with van der Waals surface area (Å²) in [5.41, 5.74) is -2.01. The number of carboxylic acid groups (broad SMARTS) is 1. The Morgan fingerprint density at radius 1 is 1.40 bits per heavy atom. The zero-order valence-electron chi connectivity index (χ0n) is 10.5. The maximum atomic E-state index is 12.8. The Morgan fingerprint density at radius 3 is 2.45 bits per heavy atom. The van der Waals surface area contributed by atoms with Crippen LogP contribution in [0.1, 0.15) is 41.5 Å². The Bertz CT molecular complexity index is 646. The minimum atomic E-state index is -4.73. The van der Waals surface area contributed by atoms with Gasteiger partial charge in [-0.05, 0) is 0 Å². The summed E-state index contributed by atoms with van der Waals surface area (Å²) in [5.74, 6) is -1.09. The molecule has 0 amide bonds. The molecule has 0 unspecified atom stereocenters. The quantitative estimate of drug-likeness (QED) is 0.945. The van der Waals surface area contributed by atoms with Crippen molar-refractivity contribution in [3.63, 3.8) is 0 Å². The second-order valence-electron chi connectivity index (χ2n) is 4.39. The van der Waals surface area contributed by atoms with Gasteiger partial charge in [-0.15, -0.1) is 0 Å². The van der Waals surface area contributed by atoms with Crippen LogP contribution >= 0.6 is 11.5 Å². The van der Waals surface area contributed by atoms with Gasteiger partial charge >= 0.3 is 12.1 Å². The molecule has 5 nitrogen and oxygen atoms in total. The van der Waals surface area contributed by atoms with Gasteiger partial charge in [-0.25, -0.2) is 9.78 Å². The Morgan fingerprint density at radius 2 is 2.05 bits per heavy atom. The molecule has 0 saturated carbocycles. The van der Waals surface area contributed by atoms with E-state index in [0.29, 0.717) is 12.0 Å². The van der Waals surface area contributed by atoms with Crippen LogP contribution in [0, 0.1) is 0 Å². The fourth-order valence-electron chi connectivity index (χ4n) is 1.53. The number of halogens is 3. The normalized spacial score (nSPS) is 12.1. The molecular formula is C11H10F3N3O2S. The van der Waals surface area contributed by atoms with Crippen LogP contribution in [-0.2, 0) is 6.18 Å². The maximum Gasteiger partial charge on any atom is 0.418 e. The van der Waals surface area contributed by atoms with E-state index in [1.54, 1.807) is 0 Å². The average Bonchev–Trinajstić information content (AvgIpc) is 2.94. The number of hydrogen-bond acceptors (Lipinski definition) is 4. The zero-order chi connectivity index (χ0) is 15.1. The Labute approximate surface area is 115 Å². The van der Waals surface area contributed by atoms with Crippen molar-refractivity contribution in [3.8, 4) is 5.13 Å². The largest absolute Gasteiger partial charge is 0.478 e. The summed E-state index contributed by atoms with van der Waals surface area (Å²) in [6.45, 7) is 3.70. The first-order valence-corrected chi connectivity index (χ1v) is 6.34. The van der Waals surface area contributed by atoms with Gasteiger partial charge in [-0.3, -0.25) is 4.57 Å². The lowest BCUT2D eigenvalue weighted by Crippen LogP contribution is -2.09. The van der Waals surface area contributed by atoms with Crippen LogP contribution in [0.4, 0.5) is 13.2 Å². The van der Waals surface area contributed by atoms with Gasteiger partial charge in [0.15, 0.2) is 0 Å². The molecule has 2 heterocycles. The molecule has 0 saturated heterocycles. The first kappa shape index (κ1) is 14.5. The van der Waals surface area contributed by atoms with E-state index >= 15 is 0 Å². The van der Waals surface area contributed by atoms with E-state index in [-0.39, 0.29) is 11.0 Å². The lowest BCUT2D eigenvalue weighted by molar-refractivity contribution is -0.138. The molecule has 2 aromatic heterocycles. The average molecular weight is 305 g/mol. The van der Waals surface area contributed by atoms with E-state index in [4.69, 9.17) is 5.11 Å². The highest BCUT2D eigenvalue weighted by molar-refractivity contribution is 7.08. The van der Waals surface area contributed by atoms with Gasteiger partial charge in [0.25, 0.3) is 0 Å². The van der Waals surface area contributed by atoms with Crippen molar-refractivity contribution in [3.05, 3.63) is 29.3 Å². The molecule has 20 heavy (non-hydrogen) atoms. The van der Waals surface area contributed by atoms with Gasteiger partial charge in [0, 0.05) is 29.8 Å². The number of aromatic nitrogens is 3. The van der Waals surface area contributed by atoms with Crippen molar-refractivity contribution < 1.29 is 23.1 Å². The van der Waals surface area contributed by atoms with Crippen molar-refractivity contribution in [2.75, 3.05) is 0 Å². The fourth-order valence-corrected chi connectivity index (χ4v) is 2.29. The highest BCUT2D eigenvalue weighted by Crippen LogP contribution is 2.33. The van der Waals surface area contributed by atoms with Crippen LogP contribution in [-0.4, -0.2) is 25.0 Å². The zero-order valence-corrected chi connectivity index (χ0v) is 11.3. The van der Waals surface area contributed by atoms with E-state index in [1.165, 1.54) is 0 Å². The Balaban J connectivity index is 2.50. The molecule has 2 rings (SSSR count). The summed E-state index contributed by atoms with van der Waals surface area (Å²) in [4.78, 5) is 15.0. The number of carboxylic acids is 1. The molecule has 0 bridgehead atoms. The molecule has 0 spiro atoms. The third-order valence-electron chi connectivity index (χ3n) is 2.53. The molecule has 0 aliphatic heterocycles. The van der Waals surface area contributed by atoms with Crippen LogP contribution < -0.4 is 0 Å². The van der Waals surface area contributed by atoms with Crippen molar-refractivity contribution in [1.82, 2.24) is 13.9 Å². The lowest BCUT2D eigenvalue weighted by Gasteiger charge is -2.03. The molecule has 0 atom stereocenters. The smallest absolute Gasteiger partial charge is 0.418 e. The molecule has 1 N–H and O–H groups in total. The maximum absolute atomic E-state index is 12.8. The van der Waals surface area contributed by atoms with Crippen LogP contribution in [0.5, 0.6) is 0 Å². The van der Waals surface area contributed by atoms with Gasteiger partial charge < -0.3 is 5.11 Å². The summed E-state index contributed by atoms with van der Waals surface area (Å²) >= 11 is 0.917. The number of carbonyl (C=O) groups is 1. The van der Waals surface area contributed by atoms with Crippen molar-refractivity contribution in [1.29, 1.82) is 0 Å². The molecule has 0 fully saturated rings. The van der Waals surface area contributed by atoms with Gasteiger partial charge in [0.1, 0.15) is 5.82 Å². The number of nitrogens with zero attached hydrogens (tertiary/aromatic N) is 3. The SMILES string of the molecule is CC(C)c1nsc(-n2cc(C(=O)O)c(C(F)(F)F)c2)n1. The molecule has 0 aliphatic carbocycles. The number of hydrogen-bond donors (Lipinski definition) is 1. The third kappa shape index (κ3) is 2.67. The van der Waals surface area contributed by atoms with Crippen LogP contribution in [0.25, 0.3) is 5.13 Å². The molecule has 0 aromatic carbocycles. The summed E-state index contributed by atoms with van der Waals surface area (Å²) in [6.07, 6.45) is -3.12. The van der Waals surface area contributed by atoms with Gasteiger partial charge in [0.2, 0.25) is 5.13 Å².